The third kappa shape index (κ3) is 6.46. The van der Waals surface area contributed by atoms with Gasteiger partial charge in [-0.25, -0.2) is 19.7 Å². The Bertz CT molecular complexity index is 1010. The molecule has 0 aliphatic rings. The SMILES string of the molecule is CC(C)=O.Cc1ccnc(Nc2cccc(-c3sc(C(C)C)nc3C(=O)O)n2)c1. The summed E-state index contributed by atoms with van der Waals surface area (Å²) in [6, 6.07) is 9.28. The number of nitrogens with one attached hydrogen (secondary N) is 1. The second kappa shape index (κ2) is 9.88. The van der Waals surface area contributed by atoms with Crippen LogP contribution in [0, 0.1) is 6.92 Å². The van der Waals surface area contributed by atoms with Crippen molar-refractivity contribution in [2.75, 3.05) is 5.32 Å². The van der Waals surface area contributed by atoms with E-state index in [0.717, 1.165) is 10.6 Å². The molecule has 3 aromatic heterocycles. The quantitative estimate of drug-likeness (QED) is 0.603. The largest absolute Gasteiger partial charge is 0.476 e. The number of hydrogen-bond acceptors (Lipinski definition) is 7. The first kappa shape index (κ1) is 22.2. The number of anilines is 2. The van der Waals surface area contributed by atoms with Crippen LogP contribution in [0.15, 0.2) is 36.5 Å². The summed E-state index contributed by atoms with van der Waals surface area (Å²) in [5, 5.41) is 13.4. The summed E-state index contributed by atoms with van der Waals surface area (Å²) in [5.74, 6) is 0.579. The minimum absolute atomic E-state index is 0.0482. The number of nitrogens with zero attached hydrogens (tertiary/aromatic N) is 3. The lowest BCUT2D eigenvalue weighted by molar-refractivity contribution is -0.115. The van der Waals surface area contributed by atoms with Gasteiger partial charge in [-0.1, -0.05) is 19.9 Å². The number of aromatic nitrogens is 3. The maximum absolute atomic E-state index is 11.5. The Morgan fingerprint density at radius 3 is 2.38 bits per heavy atom. The molecule has 0 aliphatic heterocycles. The Labute approximate surface area is 173 Å². The van der Waals surface area contributed by atoms with E-state index in [9.17, 15) is 14.7 Å². The van der Waals surface area contributed by atoms with Crippen LogP contribution in [-0.4, -0.2) is 31.8 Å². The molecule has 0 fully saturated rings. The molecule has 3 rings (SSSR count). The fourth-order valence-corrected chi connectivity index (χ4v) is 3.30. The van der Waals surface area contributed by atoms with Crippen molar-refractivity contribution in [2.24, 2.45) is 0 Å². The first-order valence-corrected chi connectivity index (χ1v) is 9.87. The maximum atomic E-state index is 11.5. The molecule has 0 aliphatic carbocycles. The smallest absolute Gasteiger partial charge is 0.356 e. The Balaban J connectivity index is 0.000000687. The van der Waals surface area contributed by atoms with Crippen molar-refractivity contribution in [3.05, 3.63) is 52.8 Å². The number of carboxylic acids is 1. The molecule has 0 bridgehead atoms. The first-order valence-electron chi connectivity index (χ1n) is 9.05. The van der Waals surface area contributed by atoms with Crippen LogP contribution in [0.1, 0.15) is 54.7 Å². The zero-order valence-electron chi connectivity index (χ0n) is 17.1. The fraction of sp³-hybridized carbons (Fsp3) is 0.286. The Kier molecular flexibility index (Phi) is 7.55. The number of hydrogen-bond donors (Lipinski definition) is 2. The van der Waals surface area contributed by atoms with Crippen LogP contribution in [0.25, 0.3) is 10.6 Å². The van der Waals surface area contributed by atoms with Crippen molar-refractivity contribution in [2.45, 2.75) is 40.5 Å². The molecule has 0 amide bonds. The number of rotatable bonds is 5. The standard InChI is InChI=1S/C18H18N4O2S.C3H6O/c1-10(2)17-22-15(18(23)24)16(25-17)12-5-4-6-13(20-12)21-14-9-11(3)7-8-19-14;1-3(2)4/h4-10H,1-3H3,(H,23,24)(H,19,20,21);1-2H3. The monoisotopic (exact) mass is 412 g/mol. The number of Topliss-reactive ketones (excluding diaryl/α,β-unsaturated/α-hetero) is 1. The van der Waals surface area contributed by atoms with Crippen LogP contribution >= 0.6 is 11.3 Å². The number of carbonyl (C=O) groups is 2. The lowest BCUT2D eigenvalue weighted by Crippen LogP contribution is -2.01. The van der Waals surface area contributed by atoms with Gasteiger partial charge in [0.05, 0.1) is 15.6 Å². The zero-order chi connectivity index (χ0) is 21.6. The summed E-state index contributed by atoms with van der Waals surface area (Å²) in [4.78, 5) is 34.6. The van der Waals surface area contributed by atoms with Crippen LogP contribution in [0.4, 0.5) is 11.6 Å². The second-order valence-corrected chi connectivity index (χ2v) is 7.88. The van der Waals surface area contributed by atoms with Gasteiger partial charge < -0.3 is 15.2 Å². The van der Waals surface area contributed by atoms with E-state index in [0.29, 0.717) is 22.2 Å². The zero-order valence-corrected chi connectivity index (χ0v) is 17.9. The summed E-state index contributed by atoms with van der Waals surface area (Å²) in [6.07, 6.45) is 1.72. The van der Waals surface area contributed by atoms with Crippen LogP contribution < -0.4 is 5.32 Å². The van der Waals surface area contributed by atoms with Gasteiger partial charge in [0.2, 0.25) is 0 Å². The van der Waals surface area contributed by atoms with E-state index in [1.165, 1.54) is 25.2 Å². The van der Waals surface area contributed by atoms with Gasteiger partial charge >= 0.3 is 5.97 Å². The highest BCUT2D eigenvalue weighted by molar-refractivity contribution is 7.15. The first-order chi connectivity index (χ1) is 13.7. The highest BCUT2D eigenvalue weighted by atomic mass is 32.1. The number of pyridine rings is 2. The summed E-state index contributed by atoms with van der Waals surface area (Å²) in [5.41, 5.74) is 1.72. The number of aromatic carboxylic acids is 1. The molecule has 0 aromatic carbocycles. The van der Waals surface area contributed by atoms with Gasteiger partial charge in [0.25, 0.3) is 0 Å². The molecule has 0 radical (unpaired) electrons. The summed E-state index contributed by atoms with van der Waals surface area (Å²) in [6.45, 7) is 9.02. The van der Waals surface area contributed by atoms with Gasteiger partial charge in [0.1, 0.15) is 17.4 Å². The predicted molar refractivity (Wildman–Crippen MR) is 115 cm³/mol. The molecular weight excluding hydrogens is 388 g/mol. The van der Waals surface area contributed by atoms with E-state index >= 15 is 0 Å². The average molecular weight is 413 g/mol. The third-order valence-corrected chi connectivity index (χ3v) is 4.87. The summed E-state index contributed by atoms with van der Waals surface area (Å²) in [7, 11) is 0. The Hall–Kier alpha value is -3.13. The van der Waals surface area contributed by atoms with Crippen LogP contribution in [0.2, 0.25) is 0 Å². The number of thiazole rings is 1. The number of ketones is 1. The van der Waals surface area contributed by atoms with E-state index in [4.69, 9.17) is 0 Å². The average Bonchev–Trinajstić information content (AvgIpc) is 3.07. The topological polar surface area (TPSA) is 105 Å². The lowest BCUT2D eigenvalue weighted by Gasteiger charge is -2.07. The van der Waals surface area contributed by atoms with Crippen molar-refractivity contribution in [1.82, 2.24) is 15.0 Å². The normalized spacial score (nSPS) is 10.3. The minimum Gasteiger partial charge on any atom is -0.476 e. The highest BCUT2D eigenvalue weighted by Crippen LogP contribution is 2.33. The fourth-order valence-electron chi connectivity index (χ4n) is 2.27. The number of aryl methyl sites for hydroxylation is 1. The molecule has 3 aromatic rings. The maximum Gasteiger partial charge on any atom is 0.356 e. The van der Waals surface area contributed by atoms with Gasteiger partial charge in [-0.05, 0) is 50.6 Å². The third-order valence-electron chi connectivity index (χ3n) is 3.49. The predicted octanol–water partition coefficient (Wildman–Crippen LogP) is 5.07. The van der Waals surface area contributed by atoms with E-state index in [-0.39, 0.29) is 17.4 Å². The Morgan fingerprint density at radius 2 is 1.79 bits per heavy atom. The van der Waals surface area contributed by atoms with Crippen LogP contribution in [0.3, 0.4) is 0 Å². The molecule has 0 saturated heterocycles. The van der Waals surface area contributed by atoms with Crippen molar-refractivity contribution >= 4 is 34.7 Å². The highest BCUT2D eigenvalue weighted by Gasteiger charge is 2.21. The van der Waals surface area contributed by atoms with Crippen molar-refractivity contribution in [1.29, 1.82) is 0 Å². The van der Waals surface area contributed by atoms with Crippen LogP contribution in [-0.2, 0) is 4.79 Å². The van der Waals surface area contributed by atoms with Gasteiger partial charge in [0, 0.05) is 12.1 Å². The lowest BCUT2D eigenvalue weighted by atomic mass is 10.2. The molecule has 7 nitrogen and oxygen atoms in total. The molecule has 2 N–H and O–H groups in total. The van der Waals surface area contributed by atoms with Gasteiger partial charge in [-0.15, -0.1) is 11.3 Å². The summed E-state index contributed by atoms with van der Waals surface area (Å²) < 4.78 is 0. The molecule has 0 spiro atoms. The number of carboxylic acid groups (broad SMARTS) is 1. The second-order valence-electron chi connectivity index (χ2n) is 6.85. The Morgan fingerprint density at radius 1 is 1.10 bits per heavy atom. The molecular formula is C21H24N4O3S. The molecule has 3 heterocycles. The molecule has 152 valence electrons. The van der Waals surface area contributed by atoms with Crippen molar-refractivity contribution in [3.8, 4) is 10.6 Å². The van der Waals surface area contributed by atoms with E-state index in [2.05, 4.69) is 20.3 Å². The van der Waals surface area contributed by atoms with E-state index in [1.54, 1.807) is 12.3 Å². The van der Waals surface area contributed by atoms with Gasteiger partial charge in [-0.3, -0.25) is 0 Å². The molecule has 0 saturated carbocycles. The van der Waals surface area contributed by atoms with Crippen LogP contribution in [0.5, 0.6) is 0 Å². The number of carbonyl (C=O) groups excluding carboxylic acids is 1. The van der Waals surface area contributed by atoms with Crippen molar-refractivity contribution in [3.63, 3.8) is 0 Å². The molecule has 0 atom stereocenters. The van der Waals surface area contributed by atoms with Gasteiger partial charge in [-0.2, -0.15) is 0 Å². The van der Waals surface area contributed by atoms with Gasteiger partial charge in [0.15, 0.2) is 5.69 Å². The van der Waals surface area contributed by atoms with Crippen molar-refractivity contribution < 1.29 is 14.7 Å². The van der Waals surface area contributed by atoms with E-state index in [1.807, 2.05) is 45.0 Å². The molecule has 0 unspecified atom stereocenters. The molecule has 8 heteroatoms. The van der Waals surface area contributed by atoms with E-state index < -0.39 is 5.97 Å². The summed E-state index contributed by atoms with van der Waals surface area (Å²) >= 11 is 1.37. The minimum atomic E-state index is -1.04. The molecule has 29 heavy (non-hydrogen) atoms.